The number of aliphatic carboxylic acids is 1. The smallest absolute Gasteiger partial charge is 0.353 e. The minimum absolute atomic E-state index is 0.0347. The van der Waals surface area contributed by atoms with Crippen molar-refractivity contribution in [2.24, 2.45) is 13.0 Å². The lowest BCUT2D eigenvalue weighted by Crippen LogP contribution is -2.62. The first-order chi connectivity index (χ1) is 13.3. The van der Waals surface area contributed by atoms with Crippen molar-refractivity contribution in [3.05, 3.63) is 10.6 Å². The number of carbonyl (C=O) groups is 2. The summed E-state index contributed by atoms with van der Waals surface area (Å²) in [5.74, 6) is -1.21. The lowest BCUT2D eigenvalue weighted by molar-refractivity contribution is -0.156. The summed E-state index contributed by atoms with van der Waals surface area (Å²) < 4.78 is 7.96. The van der Waals surface area contributed by atoms with E-state index in [0.29, 0.717) is 15.8 Å². The molecule has 1 aromatic heterocycles. The van der Waals surface area contributed by atoms with E-state index >= 15 is 0 Å². The molecule has 1 fully saturated rings. The summed E-state index contributed by atoms with van der Waals surface area (Å²) in [6, 6.07) is 0. The first kappa shape index (κ1) is 22.3. The van der Waals surface area contributed by atoms with Crippen LogP contribution in [0, 0.1) is 5.92 Å². The van der Waals surface area contributed by atoms with Crippen LogP contribution in [-0.2, 0) is 21.1 Å². The fourth-order valence-corrected chi connectivity index (χ4v) is 7.11. The molecular weight excluding hydrogens is 430 g/mol. The third-order valence-electron chi connectivity index (χ3n) is 5.76. The van der Waals surface area contributed by atoms with Crippen LogP contribution in [0.2, 0.25) is 18.1 Å². The van der Waals surface area contributed by atoms with Gasteiger partial charge in [-0.3, -0.25) is 9.69 Å². The average Bonchev–Trinajstić information content (AvgIpc) is 3.12. The number of nitrogens with zero attached hydrogens (tertiary/aromatic N) is 5. The summed E-state index contributed by atoms with van der Waals surface area (Å²) in [6.45, 7) is 12.7. The van der Waals surface area contributed by atoms with Gasteiger partial charge in [-0.05, 0) is 35.5 Å². The first-order valence-electron chi connectivity index (χ1n) is 9.34. The molecule has 2 aliphatic heterocycles. The first-order valence-corrected chi connectivity index (χ1v) is 14.1. The number of amides is 1. The Labute approximate surface area is 179 Å². The van der Waals surface area contributed by atoms with Crippen molar-refractivity contribution in [3.8, 4) is 0 Å². The molecule has 9 nitrogen and oxygen atoms in total. The molecule has 1 N–H and O–H groups in total. The Morgan fingerprint density at radius 2 is 2.07 bits per heavy atom. The van der Waals surface area contributed by atoms with Crippen molar-refractivity contribution in [1.29, 1.82) is 0 Å². The van der Waals surface area contributed by atoms with Gasteiger partial charge < -0.3 is 9.53 Å². The van der Waals surface area contributed by atoms with E-state index in [9.17, 15) is 14.7 Å². The summed E-state index contributed by atoms with van der Waals surface area (Å²) in [4.78, 5) is 26.8. The van der Waals surface area contributed by atoms with Crippen LogP contribution in [-0.4, -0.2) is 67.6 Å². The van der Waals surface area contributed by atoms with Gasteiger partial charge in [0.2, 0.25) is 11.1 Å². The molecule has 1 amide bonds. The molecule has 0 unspecified atom stereocenters. The third kappa shape index (κ3) is 3.99. The summed E-state index contributed by atoms with van der Waals surface area (Å²) in [5.41, 5.74) is 0.0726. The lowest BCUT2D eigenvalue weighted by atomic mass is 9.92. The molecule has 0 aromatic carbocycles. The van der Waals surface area contributed by atoms with Crippen molar-refractivity contribution in [3.63, 3.8) is 0 Å². The van der Waals surface area contributed by atoms with E-state index < -0.39 is 14.3 Å². The molecule has 1 saturated heterocycles. The second-order valence-electron chi connectivity index (χ2n) is 8.78. The number of carboxylic acid groups (broad SMARTS) is 1. The van der Waals surface area contributed by atoms with Crippen LogP contribution < -0.4 is 0 Å². The average molecular weight is 458 g/mol. The maximum atomic E-state index is 12.9. The number of fused-ring (bicyclic) bond motifs is 1. The van der Waals surface area contributed by atoms with E-state index in [-0.39, 0.29) is 34.0 Å². The Bertz CT molecular complexity index is 866. The molecule has 0 bridgehead atoms. The van der Waals surface area contributed by atoms with Crippen LogP contribution in [0.1, 0.15) is 27.7 Å². The van der Waals surface area contributed by atoms with E-state index in [4.69, 9.17) is 4.43 Å². The third-order valence-corrected chi connectivity index (χ3v) is 12.9. The fraction of sp³-hybridized carbons (Fsp3) is 0.706. The molecule has 0 aliphatic carbocycles. The van der Waals surface area contributed by atoms with Crippen molar-refractivity contribution in [1.82, 2.24) is 25.1 Å². The van der Waals surface area contributed by atoms with Gasteiger partial charge in [0.05, 0.1) is 12.0 Å². The molecule has 1 aromatic rings. The lowest BCUT2D eigenvalue weighted by Gasteiger charge is -2.48. The maximum absolute atomic E-state index is 12.9. The Balaban J connectivity index is 1.74. The maximum Gasteiger partial charge on any atom is 0.353 e. The highest BCUT2D eigenvalue weighted by atomic mass is 32.2. The number of aromatic nitrogens is 4. The monoisotopic (exact) mass is 457 g/mol. The van der Waals surface area contributed by atoms with Crippen molar-refractivity contribution >= 4 is 43.7 Å². The van der Waals surface area contributed by atoms with Crippen LogP contribution >= 0.6 is 23.5 Å². The second-order valence-corrected chi connectivity index (χ2v) is 15.7. The molecule has 0 saturated carbocycles. The van der Waals surface area contributed by atoms with E-state index in [1.54, 1.807) is 7.05 Å². The standard InChI is InChI=1S/C17H27N5O4S2Si/c1-9(26-29(6,7)17(2,3)4)11-13(23)22-12(15(24)25)10(28-14(11)22)8-27-16-18-19-20-21(16)5/h9,11,14H,8H2,1-7H3,(H,24,25)/t9-,11+,14+/m0/s1. The predicted molar refractivity (Wildman–Crippen MR) is 114 cm³/mol. The summed E-state index contributed by atoms with van der Waals surface area (Å²) >= 11 is 2.79. The van der Waals surface area contributed by atoms with Crippen LogP contribution in [0.15, 0.2) is 15.8 Å². The zero-order valence-electron chi connectivity index (χ0n) is 17.7. The molecule has 3 atom stereocenters. The molecule has 29 heavy (non-hydrogen) atoms. The summed E-state index contributed by atoms with van der Waals surface area (Å²) in [7, 11) is -0.314. The van der Waals surface area contributed by atoms with Gasteiger partial charge in [-0.15, -0.1) is 16.9 Å². The molecule has 12 heteroatoms. The number of carboxylic acids is 1. The van der Waals surface area contributed by atoms with Gasteiger partial charge in [0, 0.05) is 17.7 Å². The van der Waals surface area contributed by atoms with Crippen molar-refractivity contribution in [2.45, 2.75) is 62.5 Å². The quantitative estimate of drug-likeness (QED) is 0.375. The number of tetrazole rings is 1. The van der Waals surface area contributed by atoms with Gasteiger partial charge in [0.1, 0.15) is 11.1 Å². The highest BCUT2D eigenvalue weighted by molar-refractivity contribution is 8.06. The van der Waals surface area contributed by atoms with E-state index in [0.717, 1.165) is 0 Å². The Kier molecular flexibility index (Phi) is 5.93. The molecule has 0 spiro atoms. The largest absolute Gasteiger partial charge is 0.477 e. The van der Waals surface area contributed by atoms with E-state index in [2.05, 4.69) is 49.4 Å². The Morgan fingerprint density at radius 3 is 2.59 bits per heavy atom. The van der Waals surface area contributed by atoms with Crippen LogP contribution in [0.3, 0.4) is 0 Å². The number of carbonyl (C=O) groups excluding carboxylic acids is 1. The van der Waals surface area contributed by atoms with Crippen molar-refractivity contribution < 1.29 is 19.1 Å². The van der Waals surface area contributed by atoms with Crippen LogP contribution in [0.4, 0.5) is 0 Å². The number of rotatable bonds is 7. The topological polar surface area (TPSA) is 110 Å². The highest BCUT2D eigenvalue weighted by Crippen LogP contribution is 2.52. The van der Waals surface area contributed by atoms with Gasteiger partial charge in [0.25, 0.3) is 0 Å². The van der Waals surface area contributed by atoms with Gasteiger partial charge >= 0.3 is 5.97 Å². The van der Waals surface area contributed by atoms with Gasteiger partial charge in [-0.2, -0.15) is 0 Å². The molecule has 0 radical (unpaired) electrons. The summed E-state index contributed by atoms with van der Waals surface area (Å²) in [6.07, 6.45) is -0.262. The van der Waals surface area contributed by atoms with Crippen molar-refractivity contribution in [2.75, 3.05) is 5.75 Å². The Hall–Kier alpha value is -1.37. The zero-order chi connectivity index (χ0) is 21.7. The summed E-state index contributed by atoms with van der Waals surface area (Å²) in [5, 5.41) is 21.4. The van der Waals surface area contributed by atoms with Crippen LogP contribution in [0.25, 0.3) is 0 Å². The van der Waals surface area contributed by atoms with Crippen LogP contribution in [0.5, 0.6) is 0 Å². The molecule has 3 rings (SSSR count). The second kappa shape index (κ2) is 7.71. The molecule has 160 valence electrons. The number of thioether (sulfide) groups is 2. The zero-order valence-corrected chi connectivity index (χ0v) is 20.3. The van der Waals surface area contributed by atoms with Gasteiger partial charge in [0.15, 0.2) is 8.32 Å². The molecule has 3 heterocycles. The SMILES string of the molecule is C[C@H](O[Si](C)(C)C(C)(C)C)[C@@H]1C(=O)N2C(C(=O)O)=C(CSc3nnnn3C)S[C@H]12. The highest BCUT2D eigenvalue weighted by Gasteiger charge is 2.58. The number of β-lactam (4-membered cyclic amide) rings is 1. The normalized spacial score (nSPS) is 23.3. The number of hydrogen-bond donors (Lipinski definition) is 1. The fourth-order valence-electron chi connectivity index (χ4n) is 3.13. The van der Waals surface area contributed by atoms with Gasteiger partial charge in [-0.25, -0.2) is 9.48 Å². The molecule has 2 aliphatic rings. The Morgan fingerprint density at radius 1 is 1.41 bits per heavy atom. The minimum atomic E-state index is -2.04. The molecular formula is C17H27N5O4S2Si. The predicted octanol–water partition coefficient (Wildman–Crippen LogP) is 2.54. The van der Waals surface area contributed by atoms with E-state index in [1.807, 2.05) is 6.92 Å². The van der Waals surface area contributed by atoms with Gasteiger partial charge in [-0.1, -0.05) is 32.5 Å². The number of aryl methyl sites for hydroxylation is 1. The van der Waals surface area contributed by atoms with E-state index in [1.165, 1.54) is 33.1 Å². The number of hydrogen-bond acceptors (Lipinski definition) is 8. The minimum Gasteiger partial charge on any atom is -0.477 e.